The molecule has 1 atom stereocenters. The topological polar surface area (TPSA) is 50.0 Å². The molecule has 1 unspecified atom stereocenters. The van der Waals surface area contributed by atoms with Gasteiger partial charge in [-0.1, -0.05) is 280 Å². The Hall–Kier alpha value is -13.4. The number of nitrogens with zero attached hydrogens (tertiary/aromatic N) is 7. The lowest BCUT2D eigenvalue weighted by molar-refractivity contribution is 0.590. The first-order valence-electron chi connectivity index (χ1n) is 45.6. The number of aromatic nitrogens is 4. The van der Waals surface area contributed by atoms with Crippen LogP contribution in [-0.2, 0) is 27.1 Å². The summed E-state index contributed by atoms with van der Waals surface area (Å²) in [6.07, 6.45) is 0. The summed E-state index contributed by atoms with van der Waals surface area (Å²) in [4.78, 5) is 4.83. The molecule has 6 heterocycles. The van der Waals surface area contributed by atoms with E-state index in [4.69, 9.17) is 0 Å². The predicted molar refractivity (Wildman–Crippen MR) is 503 cm³/mol. The summed E-state index contributed by atoms with van der Waals surface area (Å²) in [6.45, 7) is 34.0. The van der Waals surface area contributed by atoms with Crippen LogP contribution in [0, 0.1) is 11.3 Å². The van der Waals surface area contributed by atoms with Gasteiger partial charge in [-0.25, -0.2) is 0 Å². The number of rotatable bonds is 8. The summed E-state index contributed by atoms with van der Waals surface area (Å²) in [6, 6.07) is 94.1. The fourth-order valence-corrected chi connectivity index (χ4v) is 19.2. The second-order valence-corrected chi connectivity index (χ2v) is 37.9. The molecule has 4 aromatic heterocycles. The molecule has 580 valence electrons. The van der Waals surface area contributed by atoms with Gasteiger partial charge >= 0.3 is 0 Å². The van der Waals surface area contributed by atoms with Gasteiger partial charge in [-0.05, 0) is 211 Å². The molecule has 0 saturated heterocycles. The number of fused-ring (bicyclic) bond motifs is 16. The maximum Gasteiger partial charge on any atom is 0.104 e. The van der Waals surface area contributed by atoms with Crippen molar-refractivity contribution < 1.29 is 11.0 Å². The SMILES string of the molecule is [2H]c1c([2H])c([2H])c2c(c1[2H])c1c([2H])c([2H])c([2H])c([2H])c1n2-c1ccc2c(c1)N(c1c(-c3ccccc3)cc(C(C)(C)C)cc1-c1ccccc1)c1cc(-n3c4ccc(C(C)(C)C)cc4c4cc(C(C)(C)C)ccc43)cc3c1C2c1ccc(-n2c4ccc(C(C)(C)C)cc4c4cc(C(C)(C)C)ccc42)cc1N3c1cccc(-n2c3ccccc3c3ccccc32)c1C#N. The van der Waals surface area contributed by atoms with Crippen molar-refractivity contribution in [2.24, 2.45) is 0 Å². The van der Waals surface area contributed by atoms with Crippen molar-refractivity contribution in [1.29, 1.82) is 5.26 Å². The highest BCUT2D eigenvalue weighted by molar-refractivity contribution is 6.15. The molecule has 0 fully saturated rings. The second kappa shape index (κ2) is 26.3. The van der Waals surface area contributed by atoms with E-state index in [1.807, 2.05) is 18.2 Å². The Bertz CT molecular complexity index is 7700. The molecule has 119 heavy (non-hydrogen) atoms. The lowest BCUT2D eigenvalue weighted by Gasteiger charge is -2.46. The smallest absolute Gasteiger partial charge is 0.104 e. The average Bonchev–Trinajstić information content (AvgIpc) is 1.63. The van der Waals surface area contributed by atoms with Gasteiger partial charge in [-0.3, -0.25) is 0 Å². The zero-order valence-electron chi connectivity index (χ0n) is 78.0. The van der Waals surface area contributed by atoms with Crippen LogP contribution < -0.4 is 9.80 Å². The van der Waals surface area contributed by atoms with Crippen molar-refractivity contribution in [3.63, 3.8) is 0 Å². The molecule has 0 aliphatic carbocycles. The van der Waals surface area contributed by atoms with E-state index in [2.05, 4.69) is 376 Å². The number of nitriles is 1. The Balaban J connectivity index is 0.983. The van der Waals surface area contributed by atoms with Gasteiger partial charge in [0.05, 0.1) is 101 Å². The zero-order chi connectivity index (χ0) is 88.8. The van der Waals surface area contributed by atoms with Gasteiger partial charge in [-0.2, -0.15) is 5.26 Å². The van der Waals surface area contributed by atoms with Crippen LogP contribution >= 0.6 is 0 Å². The van der Waals surface area contributed by atoms with Crippen molar-refractivity contribution in [2.75, 3.05) is 9.80 Å². The van der Waals surface area contributed by atoms with E-state index in [0.29, 0.717) is 28.3 Å². The third kappa shape index (κ3) is 11.4. The van der Waals surface area contributed by atoms with Gasteiger partial charge in [0.25, 0.3) is 0 Å². The maximum atomic E-state index is 12.9. The standard InChI is InChI=1S/C112H97N7/c1-108(2,3)70-45-53-97-86(57-70)87-58-71(109(4,5)6)46-54-98(87)115(97)75-49-51-82-101(63-75)118(96-44-30-43-95(90(96)67-113)117-93-41-28-24-37-80(93)81-38-25-29-42-94(81)117)103-65-77(116-99-55-47-72(110(7,8)9)59-88(99)89-60-73(111(10,11)12)48-56-100(89)116)66-104-106(103)105(82)83-52-50-76(114-91-39-26-22-35-78(91)79-36-23-27-40-92(79)114)64-102(83)119(104)107-84(68-31-18-16-19-32-68)61-74(112(13,14)15)62-85(107)69-33-20-17-21-34-69/h16-66,105H,1-15H3/i22D,23D,26D,27D,35D,36D,39D,40D. The van der Waals surface area contributed by atoms with E-state index >= 15 is 0 Å². The number of benzene rings is 15. The molecule has 7 nitrogen and oxygen atoms in total. The Morgan fingerprint density at radius 1 is 0.277 bits per heavy atom. The predicted octanol–water partition coefficient (Wildman–Crippen LogP) is 30.5. The molecular weight excluding hydrogens is 1440 g/mol. The summed E-state index contributed by atoms with van der Waals surface area (Å²) in [5, 5.41) is 19.4. The monoisotopic (exact) mass is 1550 g/mol. The lowest BCUT2D eigenvalue weighted by Crippen LogP contribution is -2.30. The van der Waals surface area contributed by atoms with E-state index in [0.717, 1.165) is 144 Å². The Kier molecular flexibility index (Phi) is 14.3. The van der Waals surface area contributed by atoms with Crippen molar-refractivity contribution >= 4 is 121 Å². The van der Waals surface area contributed by atoms with Crippen LogP contribution in [0.5, 0.6) is 0 Å². The fourth-order valence-electron chi connectivity index (χ4n) is 19.2. The molecule has 0 N–H and O–H groups in total. The average molecular weight is 1550 g/mol. The first kappa shape index (κ1) is 64.7. The highest BCUT2D eigenvalue weighted by Gasteiger charge is 2.45. The molecule has 2 aliphatic rings. The quantitative estimate of drug-likeness (QED) is 0.152. The summed E-state index contributed by atoms with van der Waals surface area (Å²) in [7, 11) is 0. The first-order valence-corrected chi connectivity index (χ1v) is 41.6. The third-order valence-electron chi connectivity index (χ3n) is 25.4. The van der Waals surface area contributed by atoms with Crippen LogP contribution in [0.1, 0.15) is 171 Å². The van der Waals surface area contributed by atoms with Gasteiger partial charge in [-0.15, -0.1) is 0 Å². The van der Waals surface area contributed by atoms with Gasteiger partial charge < -0.3 is 28.1 Å². The Morgan fingerprint density at radius 2 is 0.639 bits per heavy atom. The van der Waals surface area contributed by atoms with Crippen LogP contribution in [-0.4, -0.2) is 18.3 Å². The van der Waals surface area contributed by atoms with Gasteiger partial charge in [0, 0.05) is 77.1 Å². The molecule has 0 bridgehead atoms. The highest BCUT2D eigenvalue weighted by atomic mass is 15.2. The van der Waals surface area contributed by atoms with Gasteiger partial charge in [0.2, 0.25) is 0 Å². The summed E-state index contributed by atoms with van der Waals surface area (Å²) in [5.41, 5.74) is 25.0. The fraction of sp³-hybridized carbons (Fsp3) is 0.188. The maximum absolute atomic E-state index is 12.9. The molecule has 21 rings (SSSR count). The van der Waals surface area contributed by atoms with E-state index in [-0.39, 0.29) is 43.5 Å². The zero-order valence-corrected chi connectivity index (χ0v) is 70.0. The summed E-state index contributed by atoms with van der Waals surface area (Å²) in [5.74, 6) is -0.642. The van der Waals surface area contributed by atoms with Crippen LogP contribution in [0.2, 0.25) is 0 Å². The van der Waals surface area contributed by atoms with Crippen molar-refractivity contribution in [3.8, 4) is 51.1 Å². The molecule has 0 saturated carbocycles. The summed E-state index contributed by atoms with van der Waals surface area (Å²) < 4.78 is 85.7. The molecule has 15 aromatic carbocycles. The molecule has 0 amide bonds. The van der Waals surface area contributed by atoms with Gasteiger partial charge in [0.1, 0.15) is 11.6 Å². The number of para-hydroxylation sites is 4. The van der Waals surface area contributed by atoms with E-state index in [1.54, 1.807) is 4.57 Å². The van der Waals surface area contributed by atoms with Gasteiger partial charge in [0.15, 0.2) is 0 Å². The van der Waals surface area contributed by atoms with Crippen molar-refractivity contribution in [2.45, 2.75) is 137 Å². The second-order valence-electron chi connectivity index (χ2n) is 37.9. The number of hydrogen-bond donors (Lipinski definition) is 0. The molecular formula is C112H97N7. The van der Waals surface area contributed by atoms with Crippen LogP contribution in [0.25, 0.3) is 132 Å². The van der Waals surface area contributed by atoms with E-state index in [1.165, 1.54) is 22.3 Å². The van der Waals surface area contributed by atoms with Crippen LogP contribution in [0.4, 0.5) is 34.1 Å². The minimum Gasteiger partial charge on any atom is -0.309 e. The Morgan fingerprint density at radius 3 is 1.07 bits per heavy atom. The molecule has 19 aromatic rings. The molecule has 0 spiro atoms. The van der Waals surface area contributed by atoms with E-state index in [9.17, 15) is 16.2 Å². The largest absolute Gasteiger partial charge is 0.309 e. The third-order valence-corrected chi connectivity index (χ3v) is 25.4. The number of anilines is 6. The van der Waals surface area contributed by atoms with Crippen molar-refractivity contribution in [1.82, 2.24) is 18.3 Å². The Labute approximate surface area is 708 Å². The summed E-state index contributed by atoms with van der Waals surface area (Å²) >= 11 is 0. The van der Waals surface area contributed by atoms with Crippen LogP contribution in [0.15, 0.2) is 309 Å². The normalized spacial score (nSPS) is 14.8. The van der Waals surface area contributed by atoms with E-state index < -0.39 is 59.7 Å². The minimum absolute atomic E-state index is 0.0114. The molecule has 0 radical (unpaired) electrons. The van der Waals surface area contributed by atoms with Crippen molar-refractivity contribution in [3.05, 3.63) is 359 Å². The lowest BCUT2D eigenvalue weighted by atomic mass is 9.74. The first-order chi connectivity index (χ1) is 60.5. The molecule has 7 heteroatoms. The molecule has 2 aliphatic heterocycles. The number of hydrogen-bond acceptors (Lipinski definition) is 3. The highest BCUT2D eigenvalue weighted by Crippen LogP contribution is 2.64. The van der Waals surface area contributed by atoms with Crippen LogP contribution in [0.3, 0.4) is 0 Å². The minimum atomic E-state index is -0.642.